The molecule has 2 atom stereocenters. The first-order chi connectivity index (χ1) is 19.1. The number of aromatic nitrogens is 4. The van der Waals surface area contributed by atoms with Crippen molar-refractivity contribution in [2.75, 3.05) is 43.5 Å². The van der Waals surface area contributed by atoms with E-state index in [4.69, 9.17) is 4.74 Å². The van der Waals surface area contributed by atoms with E-state index in [2.05, 4.69) is 44.4 Å². The lowest BCUT2D eigenvalue weighted by Crippen LogP contribution is -2.54. The summed E-state index contributed by atoms with van der Waals surface area (Å²) in [6.45, 7) is 7.87. The summed E-state index contributed by atoms with van der Waals surface area (Å²) in [5.74, 6) is -1.04. The Labute approximate surface area is 231 Å². The quantitative estimate of drug-likeness (QED) is 0.362. The minimum Gasteiger partial charge on any atom is -0.462 e. The summed E-state index contributed by atoms with van der Waals surface area (Å²) in [5, 5.41) is 11.7. The van der Waals surface area contributed by atoms with Crippen molar-refractivity contribution in [3.63, 3.8) is 0 Å². The lowest BCUT2D eigenvalue weighted by atomic mass is 10.0. The molecule has 0 saturated carbocycles. The van der Waals surface area contributed by atoms with Gasteiger partial charge in [-0.2, -0.15) is 10.1 Å². The molecule has 5 rings (SSSR count). The van der Waals surface area contributed by atoms with Crippen LogP contribution in [0.4, 0.5) is 15.8 Å². The largest absolute Gasteiger partial charge is 0.462 e. The van der Waals surface area contributed by atoms with Crippen molar-refractivity contribution in [3.8, 4) is 6.01 Å². The Morgan fingerprint density at radius 3 is 2.67 bits per heavy atom. The molecule has 2 aromatic carbocycles. The van der Waals surface area contributed by atoms with Crippen LogP contribution in [-0.4, -0.2) is 81.8 Å². The summed E-state index contributed by atoms with van der Waals surface area (Å²) in [6, 6.07) is 7.21. The van der Waals surface area contributed by atoms with Crippen molar-refractivity contribution in [1.29, 1.82) is 0 Å². The smallest absolute Gasteiger partial charge is 0.317 e. The second kappa shape index (κ2) is 11.0. The normalized spacial score (nSPS) is 17.3. The van der Waals surface area contributed by atoms with Gasteiger partial charge in [0.25, 0.3) is 5.91 Å². The highest BCUT2D eigenvalue weighted by atomic mass is 19.1. The van der Waals surface area contributed by atoms with E-state index >= 15 is 0 Å². The number of hydrogen-bond donors (Lipinski definition) is 2. The molecule has 4 aromatic rings. The molecule has 0 spiro atoms. The number of hydrogen-bond acceptors (Lipinski definition) is 8. The summed E-state index contributed by atoms with van der Waals surface area (Å²) in [6.07, 6.45) is 3.35. The van der Waals surface area contributed by atoms with Gasteiger partial charge in [0.1, 0.15) is 12.1 Å². The van der Waals surface area contributed by atoms with Gasteiger partial charge in [-0.3, -0.25) is 14.3 Å². The number of amides is 2. The topological polar surface area (TPSA) is 118 Å². The summed E-state index contributed by atoms with van der Waals surface area (Å²) in [4.78, 5) is 37.9. The zero-order chi connectivity index (χ0) is 28.6. The number of carbonyl (C=O) groups excluding carboxylic acids is 2. The highest BCUT2D eigenvalue weighted by Crippen LogP contribution is 2.31. The third-order valence-corrected chi connectivity index (χ3v) is 6.98. The van der Waals surface area contributed by atoms with Gasteiger partial charge in [0.15, 0.2) is 5.82 Å². The first kappa shape index (κ1) is 27.3. The summed E-state index contributed by atoms with van der Waals surface area (Å²) >= 11 is 0. The molecule has 2 aromatic heterocycles. The third-order valence-electron chi connectivity index (χ3n) is 6.98. The second-order valence-corrected chi connectivity index (χ2v) is 10.4. The fourth-order valence-electron chi connectivity index (χ4n) is 5.06. The van der Waals surface area contributed by atoms with E-state index in [9.17, 15) is 14.0 Å². The van der Waals surface area contributed by atoms with Crippen LogP contribution in [0.25, 0.3) is 21.8 Å². The fraction of sp³-hybridized carbons (Fsp3) is 0.393. The van der Waals surface area contributed by atoms with Crippen LogP contribution >= 0.6 is 0 Å². The molecular formula is C28H33FN8O3. The van der Waals surface area contributed by atoms with Gasteiger partial charge < -0.3 is 25.2 Å². The first-order valence-electron chi connectivity index (χ1n) is 13.2. The van der Waals surface area contributed by atoms with E-state index in [1.165, 1.54) is 22.6 Å². The van der Waals surface area contributed by atoms with Gasteiger partial charge in [0, 0.05) is 80.7 Å². The summed E-state index contributed by atoms with van der Waals surface area (Å²) < 4.78 is 21.9. The minimum atomic E-state index is -0.524. The Balaban J connectivity index is 1.50. The van der Waals surface area contributed by atoms with E-state index in [0.29, 0.717) is 34.1 Å². The molecule has 0 aliphatic carbocycles. The SMILES string of the molecule is CC(=O)N(C)CCOc1ncc2c(N3CC(C)NC(C)C3)ccc(C(=O)Nc3cc(F)c4nn(C)cc4c3)c2n1. The van der Waals surface area contributed by atoms with Crippen LogP contribution in [0.15, 0.2) is 36.7 Å². The maximum atomic E-state index is 14.7. The van der Waals surface area contributed by atoms with E-state index in [-0.39, 0.29) is 36.1 Å². The van der Waals surface area contributed by atoms with Crippen LogP contribution in [0.1, 0.15) is 31.1 Å². The van der Waals surface area contributed by atoms with Crippen molar-refractivity contribution in [2.24, 2.45) is 7.05 Å². The Hall–Kier alpha value is -4.32. The van der Waals surface area contributed by atoms with Crippen LogP contribution in [0.2, 0.25) is 0 Å². The first-order valence-corrected chi connectivity index (χ1v) is 13.2. The van der Waals surface area contributed by atoms with Crippen LogP contribution < -0.4 is 20.3 Å². The Morgan fingerprint density at radius 1 is 1.20 bits per heavy atom. The molecule has 2 unspecified atom stereocenters. The lowest BCUT2D eigenvalue weighted by Gasteiger charge is -2.38. The second-order valence-electron chi connectivity index (χ2n) is 10.4. The predicted molar refractivity (Wildman–Crippen MR) is 151 cm³/mol. The number of likely N-dealkylation sites (N-methyl/N-ethyl adjacent to an activating group) is 1. The molecule has 11 nitrogen and oxygen atoms in total. The number of nitrogens with one attached hydrogen (secondary N) is 2. The van der Waals surface area contributed by atoms with Crippen molar-refractivity contribution in [1.82, 2.24) is 30.0 Å². The number of halogens is 1. The number of aryl methyl sites for hydroxylation is 1. The van der Waals surface area contributed by atoms with Crippen molar-refractivity contribution in [2.45, 2.75) is 32.9 Å². The van der Waals surface area contributed by atoms with Gasteiger partial charge in [-0.15, -0.1) is 0 Å². The molecule has 0 bridgehead atoms. The lowest BCUT2D eigenvalue weighted by molar-refractivity contribution is -0.127. The summed E-state index contributed by atoms with van der Waals surface area (Å²) in [5.41, 5.74) is 2.18. The highest BCUT2D eigenvalue weighted by Gasteiger charge is 2.25. The van der Waals surface area contributed by atoms with E-state index < -0.39 is 11.7 Å². The number of fused-ring (bicyclic) bond motifs is 2. The fourth-order valence-corrected chi connectivity index (χ4v) is 5.06. The molecule has 12 heteroatoms. The Kier molecular flexibility index (Phi) is 7.53. The molecule has 1 saturated heterocycles. The number of ether oxygens (including phenoxy) is 1. The maximum absolute atomic E-state index is 14.7. The number of benzene rings is 2. The maximum Gasteiger partial charge on any atom is 0.317 e. The third kappa shape index (κ3) is 5.67. The standard InChI is InChI=1S/C28H33FN8O3/c1-16-13-37(14-17(2)31-16)24-7-6-21(26-22(24)12-30-28(33-26)40-9-8-35(4)18(3)38)27(39)32-20-10-19-15-36(5)34-25(19)23(29)11-20/h6-7,10-12,15-17,31H,8-9,13-14H2,1-5H3,(H,32,39). The number of nitrogens with zero attached hydrogens (tertiary/aromatic N) is 6. The van der Waals surface area contributed by atoms with Crippen LogP contribution in [-0.2, 0) is 11.8 Å². The highest BCUT2D eigenvalue weighted by molar-refractivity contribution is 6.14. The van der Waals surface area contributed by atoms with Crippen molar-refractivity contribution >= 4 is 45.0 Å². The molecule has 1 aliphatic heterocycles. The van der Waals surface area contributed by atoms with E-state index in [1.807, 2.05) is 6.07 Å². The van der Waals surface area contributed by atoms with Gasteiger partial charge in [-0.1, -0.05) is 0 Å². The average molecular weight is 549 g/mol. The monoisotopic (exact) mass is 548 g/mol. The molecular weight excluding hydrogens is 515 g/mol. The van der Waals surface area contributed by atoms with Gasteiger partial charge >= 0.3 is 6.01 Å². The Morgan fingerprint density at radius 2 is 1.95 bits per heavy atom. The number of anilines is 2. The van der Waals surface area contributed by atoms with Gasteiger partial charge in [-0.25, -0.2) is 9.37 Å². The predicted octanol–water partition coefficient (Wildman–Crippen LogP) is 2.95. The number of rotatable bonds is 7. The molecule has 2 N–H and O–H groups in total. The van der Waals surface area contributed by atoms with Crippen molar-refractivity contribution < 1.29 is 18.7 Å². The van der Waals surface area contributed by atoms with Gasteiger partial charge in [0.2, 0.25) is 5.91 Å². The zero-order valence-electron chi connectivity index (χ0n) is 23.2. The van der Waals surface area contributed by atoms with Gasteiger partial charge in [0.05, 0.1) is 17.6 Å². The molecule has 210 valence electrons. The number of piperazine rings is 1. The minimum absolute atomic E-state index is 0.0768. The van der Waals surface area contributed by atoms with E-state index in [0.717, 1.165) is 18.8 Å². The van der Waals surface area contributed by atoms with Gasteiger partial charge in [-0.05, 0) is 38.1 Å². The molecule has 1 aliphatic rings. The average Bonchev–Trinajstić information content (AvgIpc) is 3.27. The Bertz CT molecular complexity index is 1580. The molecule has 40 heavy (non-hydrogen) atoms. The summed E-state index contributed by atoms with van der Waals surface area (Å²) in [7, 11) is 3.39. The van der Waals surface area contributed by atoms with Crippen LogP contribution in [0.3, 0.4) is 0 Å². The molecule has 0 radical (unpaired) electrons. The van der Waals surface area contributed by atoms with E-state index in [1.54, 1.807) is 38.6 Å². The molecule has 1 fully saturated rings. The zero-order valence-corrected chi connectivity index (χ0v) is 23.2. The molecule has 3 heterocycles. The van der Waals surface area contributed by atoms with Crippen molar-refractivity contribution in [3.05, 3.63) is 48.0 Å². The van der Waals surface area contributed by atoms with Crippen LogP contribution in [0.5, 0.6) is 6.01 Å². The van der Waals surface area contributed by atoms with Crippen LogP contribution in [0, 0.1) is 5.82 Å². The number of carbonyl (C=O) groups is 2. The molecule has 2 amide bonds.